The molecule has 0 aliphatic heterocycles. The first-order chi connectivity index (χ1) is 8.72. The fourth-order valence-corrected chi connectivity index (χ4v) is 3.51. The summed E-state index contributed by atoms with van der Waals surface area (Å²) in [6.07, 6.45) is 0. The largest absolute Gasteiger partial charge is 0.359 e. The van der Waals surface area contributed by atoms with Crippen LogP contribution in [0.5, 0.6) is 0 Å². The van der Waals surface area contributed by atoms with E-state index in [0.717, 1.165) is 21.3 Å². The summed E-state index contributed by atoms with van der Waals surface area (Å²) in [5.41, 5.74) is 2.01. The van der Waals surface area contributed by atoms with Crippen LogP contribution in [0.3, 0.4) is 0 Å². The van der Waals surface area contributed by atoms with Crippen LogP contribution < -0.4 is 5.32 Å². The predicted octanol–water partition coefficient (Wildman–Crippen LogP) is 4.24. The van der Waals surface area contributed by atoms with Gasteiger partial charge in [-0.3, -0.25) is 0 Å². The van der Waals surface area contributed by atoms with E-state index in [1.54, 1.807) is 22.7 Å². The van der Waals surface area contributed by atoms with Crippen molar-refractivity contribution in [2.45, 2.75) is 19.9 Å². The Labute approximate surface area is 114 Å². The lowest BCUT2D eigenvalue weighted by molar-refractivity contribution is 0.897. The number of hydrogen-bond donors (Lipinski definition) is 1. The molecule has 0 atom stereocenters. The molecule has 0 aliphatic rings. The molecule has 2 heterocycles. The van der Waals surface area contributed by atoms with E-state index in [1.165, 1.54) is 4.70 Å². The van der Waals surface area contributed by atoms with Gasteiger partial charge in [-0.2, -0.15) is 0 Å². The molecule has 0 unspecified atom stereocenters. The summed E-state index contributed by atoms with van der Waals surface area (Å²) in [6, 6.07) is 8.58. The van der Waals surface area contributed by atoms with Gasteiger partial charge in [0.1, 0.15) is 10.7 Å². The molecule has 0 bridgehead atoms. The first kappa shape index (κ1) is 11.6. The fraction of sp³-hybridized carbons (Fsp3) is 0.231. The fourth-order valence-electron chi connectivity index (χ4n) is 1.67. The summed E-state index contributed by atoms with van der Waals surface area (Å²) in [5.74, 6) is 0. The maximum absolute atomic E-state index is 4.61. The molecular formula is C13H13N3S2. The van der Waals surface area contributed by atoms with Crippen LogP contribution >= 0.6 is 22.7 Å². The van der Waals surface area contributed by atoms with Gasteiger partial charge in [-0.05, 0) is 26.0 Å². The van der Waals surface area contributed by atoms with Crippen LogP contribution in [0.15, 0.2) is 29.6 Å². The molecule has 3 rings (SSSR count). The van der Waals surface area contributed by atoms with E-state index in [0.29, 0.717) is 6.04 Å². The van der Waals surface area contributed by atoms with Crippen LogP contribution in [0.1, 0.15) is 13.8 Å². The van der Waals surface area contributed by atoms with Gasteiger partial charge in [0, 0.05) is 11.4 Å². The van der Waals surface area contributed by atoms with Crippen molar-refractivity contribution < 1.29 is 0 Å². The number of hydrogen-bond acceptors (Lipinski definition) is 5. The number of anilines is 1. The Balaban J connectivity index is 1.96. The zero-order valence-electron chi connectivity index (χ0n) is 10.2. The lowest BCUT2D eigenvalue weighted by Crippen LogP contribution is -2.08. The van der Waals surface area contributed by atoms with Crippen molar-refractivity contribution in [2.75, 3.05) is 5.32 Å². The van der Waals surface area contributed by atoms with Crippen molar-refractivity contribution in [3.63, 3.8) is 0 Å². The van der Waals surface area contributed by atoms with Crippen LogP contribution in [0.2, 0.25) is 0 Å². The molecule has 0 spiro atoms. The van der Waals surface area contributed by atoms with Gasteiger partial charge < -0.3 is 5.32 Å². The molecule has 1 aromatic carbocycles. The highest BCUT2D eigenvalue weighted by atomic mass is 32.1. The molecule has 1 N–H and O–H groups in total. The Morgan fingerprint density at radius 2 is 2.00 bits per heavy atom. The maximum Gasteiger partial charge on any atom is 0.183 e. The molecular weight excluding hydrogens is 262 g/mol. The molecule has 3 nitrogen and oxygen atoms in total. The van der Waals surface area contributed by atoms with Gasteiger partial charge in [0.25, 0.3) is 0 Å². The number of benzene rings is 1. The van der Waals surface area contributed by atoms with Crippen molar-refractivity contribution in [3.05, 3.63) is 29.6 Å². The Morgan fingerprint density at radius 3 is 2.78 bits per heavy atom. The minimum absolute atomic E-state index is 0.402. The molecule has 0 amide bonds. The van der Waals surface area contributed by atoms with Crippen molar-refractivity contribution in [3.8, 4) is 10.7 Å². The summed E-state index contributed by atoms with van der Waals surface area (Å²) in [4.78, 5) is 9.18. The predicted molar refractivity (Wildman–Crippen MR) is 79.5 cm³/mol. The number of para-hydroxylation sites is 1. The summed E-state index contributed by atoms with van der Waals surface area (Å²) in [6.45, 7) is 4.22. The summed E-state index contributed by atoms with van der Waals surface area (Å²) in [7, 11) is 0. The number of fused-ring (bicyclic) bond motifs is 1. The lowest BCUT2D eigenvalue weighted by atomic mass is 10.3. The van der Waals surface area contributed by atoms with Gasteiger partial charge in [-0.25, -0.2) is 9.97 Å². The molecule has 92 valence electrons. The van der Waals surface area contributed by atoms with E-state index >= 15 is 0 Å². The Kier molecular flexibility index (Phi) is 3.01. The van der Waals surface area contributed by atoms with Crippen LogP contribution in [-0.2, 0) is 0 Å². The second-order valence-electron chi connectivity index (χ2n) is 4.32. The van der Waals surface area contributed by atoms with Crippen molar-refractivity contribution >= 4 is 38.0 Å². The van der Waals surface area contributed by atoms with Crippen LogP contribution in [-0.4, -0.2) is 16.0 Å². The average molecular weight is 275 g/mol. The van der Waals surface area contributed by atoms with Gasteiger partial charge in [0.2, 0.25) is 0 Å². The average Bonchev–Trinajstić information content (AvgIpc) is 2.93. The normalized spacial score (nSPS) is 11.3. The van der Waals surface area contributed by atoms with Crippen LogP contribution in [0.25, 0.3) is 20.9 Å². The van der Waals surface area contributed by atoms with E-state index < -0.39 is 0 Å². The van der Waals surface area contributed by atoms with E-state index in [9.17, 15) is 0 Å². The molecule has 0 radical (unpaired) electrons. The van der Waals surface area contributed by atoms with Crippen molar-refractivity contribution in [1.82, 2.24) is 9.97 Å². The number of nitrogens with one attached hydrogen (secondary N) is 1. The van der Waals surface area contributed by atoms with Crippen LogP contribution in [0.4, 0.5) is 5.13 Å². The van der Waals surface area contributed by atoms with Crippen molar-refractivity contribution in [2.24, 2.45) is 0 Å². The van der Waals surface area contributed by atoms with Gasteiger partial charge >= 0.3 is 0 Å². The number of nitrogens with zero attached hydrogens (tertiary/aromatic N) is 2. The molecule has 0 aliphatic carbocycles. The molecule has 0 saturated carbocycles. The quantitative estimate of drug-likeness (QED) is 0.777. The second kappa shape index (κ2) is 4.66. The third kappa shape index (κ3) is 2.23. The van der Waals surface area contributed by atoms with Gasteiger partial charge in [0.05, 0.1) is 10.2 Å². The molecule has 0 saturated heterocycles. The van der Waals surface area contributed by atoms with Crippen molar-refractivity contribution in [1.29, 1.82) is 0 Å². The van der Waals surface area contributed by atoms with E-state index in [4.69, 9.17) is 0 Å². The van der Waals surface area contributed by atoms with Crippen LogP contribution in [0, 0.1) is 0 Å². The highest BCUT2D eigenvalue weighted by Gasteiger charge is 2.10. The van der Waals surface area contributed by atoms with E-state index in [-0.39, 0.29) is 0 Å². The molecule has 0 fully saturated rings. The number of rotatable bonds is 3. The third-order valence-electron chi connectivity index (χ3n) is 2.43. The minimum atomic E-state index is 0.402. The van der Waals surface area contributed by atoms with Gasteiger partial charge in [-0.1, -0.05) is 12.1 Å². The first-order valence-corrected chi connectivity index (χ1v) is 7.50. The monoisotopic (exact) mass is 275 g/mol. The second-order valence-corrected chi connectivity index (χ2v) is 6.21. The van der Waals surface area contributed by atoms with Gasteiger partial charge in [-0.15, -0.1) is 22.7 Å². The van der Waals surface area contributed by atoms with Gasteiger partial charge in [0.15, 0.2) is 5.13 Å². The highest BCUT2D eigenvalue weighted by molar-refractivity contribution is 7.22. The highest BCUT2D eigenvalue weighted by Crippen LogP contribution is 2.31. The molecule has 3 aromatic rings. The zero-order chi connectivity index (χ0) is 12.5. The molecule has 18 heavy (non-hydrogen) atoms. The van der Waals surface area contributed by atoms with E-state index in [2.05, 4.69) is 40.6 Å². The van der Waals surface area contributed by atoms with E-state index in [1.807, 2.05) is 18.2 Å². The molecule has 2 aromatic heterocycles. The first-order valence-electron chi connectivity index (χ1n) is 5.80. The minimum Gasteiger partial charge on any atom is -0.359 e. The topological polar surface area (TPSA) is 37.8 Å². The standard InChI is InChI=1S/C13H13N3S2/c1-8(2)14-13-16-10(7-17-13)12-15-9-5-3-4-6-11(9)18-12/h3-8H,1-2H3,(H,14,16). The summed E-state index contributed by atoms with van der Waals surface area (Å²) in [5, 5.41) is 7.32. The molecule has 5 heteroatoms. The number of thiazole rings is 2. The zero-order valence-corrected chi connectivity index (χ0v) is 11.8. The number of aromatic nitrogens is 2. The maximum atomic E-state index is 4.61. The Bertz CT molecular complexity index is 636. The summed E-state index contributed by atoms with van der Waals surface area (Å²) < 4.78 is 1.21. The lowest BCUT2D eigenvalue weighted by Gasteiger charge is -2.03. The smallest absolute Gasteiger partial charge is 0.183 e. The Hall–Kier alpha value is -1.46. The summed E-state index contributed by atoms with van der Waals surface area (Å²) >= 11 is 3.31. The SMILES string of the molecule is CC(C)Nc1nc(-c2nc3ccccc3s2)cs1. The third-order valence-corrected chi connectivity index (χ3v) is 4.26. The Morgan fingerprint density at radius 1 is 1.17 bits per heavy atom.